The number of aliphatic hydroxyl groups excluding tert-OH is 1. The van der Waals surface area contributed by atoms with Crippen LogP contribution in [0.15, 0.2) is 24.3 Å². The van der Waals surface area contributed by atoms with E-state index in [1.807, 2.05) is 31.2 Å². The molecule has 1 heterocycles. The number of benzene rings is 1. The van der Waals surface area contributed by atoms with Gasteiger partial charge < -0.3 is 10.4 Å². The van der Waals surface area contributed by atoms with E-state index in [9.17, 15) is 9.90 Å². The molecule has 5 nitrogen and oxygen atoms in total. The average Bonchev–Trinajstić information content (AvgIpc) is 2.96. The van der Waals surface area contributed by atoms with Gasteiger partial charge in [0.2, 0.25) is 0 Å². The summed E-state index contributed by atoms with van der Waals surface area (Å²) in [6.07, 6.45) is -0.0798. The number of rotatable bonds is 3. The summed E-state index contributed by atoms with van der Waals surface area (Å²) in [5.41, 5.74) is 2.98. The second-order valence-electron chi connectivity index (χ2n) is 5.49. The molecule has 0 saturated heterocycles. The summed E-state index contributed by atoms with van der Waals surface area (Å²) in [5.74, 6) is -0.303. The molecule has 1 aliphatic rings. The number of hydrogen-bond donors (Lipinski definition) is 2. The van der Waals surface area contributed by atoms with Gasteiger partial charge in [0.1, 0.15) is 5.15 Å². The van der Waals surface area contributed by atoms with E-state index < -0.39 is 12.1 Å². The van der Waals surface area contributed by atoms with Crippen molar-refractivity contribution in [1.29, 1.82) is 0 Å². The van der Waals surface area contributed by atoms with E-state index in [4.69, 9.17) is 11.6 Å². The molecule has 0 aliphatic heterocycles. The number of aromatic nitrogens is 2. The van der Waals surface area contributed by atoms with Crippen molar-refractivity contribution in [3.8, 4) is 0 Å². The molecule has 1 aliphatic carbocycles. The summed E-state index contributed by atoms with van der Waals surface area (Å²) in [6.45, 7) is 4.27. The molecule has 1 amide bonds. The van der Waals surface area contributed by atoms with Crippen LogP contribution in [0, 0.1) is 6.92 Å². The quantitative estimate of drug-likeness (QED) is 0.912. The third kappa shape index (κ3) is 2.40. The number of carbonyl (C=O) groups is 1. The van der Waals surface area contributed by atoms with Crippen LogP contribution in [0.3, 0.4) is 0 Å². The van der Waals surface area contributed by atoms with Crippen LogP contribution in [0.2, 0.25) is 5.15 Å². The van der Waals surface area contributed by atoms with Crippen LogP contribution < -0.4 is 5.32 Å². The van der Waals surface area contributed by atoms with Crippen LogP contribution in [0.4, 0.5) is 0 Å². The van der Waals surface area contributed by atoms with Crippen LogP contribution in [-0.2, 0) is 13.0 Å². The Kier molecular flexibility index (Phi) is 3.93. The SMILES string of the molecule is CCn1nc(C)c(C(=O)NC2c3ccccc3CC2O)c1Cl. The Morgan fingerprint density at radius 3 is 2.91 bits per heavy atom. The molecule has 22 heavy (non-hydrogen) atoms. The zero-order valence-electron chi connectivity index (χ0n) is 12.5. The van der Waals surface area contributed by atoms with Crippen LogP contribution in [0.1, 0.15) is 40.1 Å². The lowest BCUT2D eigenvalue weighted by Gasteiger charge is -2.18. The lowest BCUT2D eigenvalue weighted by Crippen LogP contribution is -2.34. The molecule has 1 aromatic heterocycles. The van der Waals surface area contributed by atoms with E-state index in [-0.39, 0.29) is 5.91 Å². The van der Waals surface area contributed by atoms with Gasteiger partial charge in [-0.05, 0) is 25.0 Å². The van der Waals surface area contributed by atoms with Crippen LogP contribution >= 0.6 is 11.6 Å². The first-order valence-corrected chi connectivity index (χ1v) is 7.70. The molecular weight excluding hydrogens is 302 g/mol. The van der Waals surface area contributed by atoms with Gasteiger partial charge in [0, 0.05) is 13.0 Å². The van der Waals surface area contributed by atoms with Gasteiger partial charge in [0.25, 0.3) is 5.91 Å². The number of aliphatic hydroxyl groups is 1. The maximum Gasteiger partial charge on any atom is 0.256 e. The van der Waals surface area contributed by atoms with Crippen LogP contribution in [0.5, 0.6) is 0 Å². The van der Waals surface area contributed by atoms with E-state index in [2.05, 4.69) is 10.4 Å². The summed E-state index contributed by atoms with van der Waals surface area (Å²) in [7, 11) is 0. The Morgan fingerprint density at radius 1 is 1.50 bits per heavy atom. The molecule has 116 valence electrons. The molecule has 2 unspecified atom stereocenters. The van der Waals surface area contributed by atoms with Crippen molar-refractivity contribution in [2.75, 3.05) is 0 Å². The number of aryl methyl sites for hydroxylation is 2. The molecule has 0 spiro atoms. The van der Waals surface area contributed by atoms with Crippen molar-refractivity contribution in [3.05, 3.63) is 51.8 Å². The predicted octanol–water partition coefficient (Wildman–Crippen LogP) is 2.25. The molecule has 3 rings (SSSR count). The van der Waals surface area contributed by atoms with Gasteiger partial charge in [0.05, 0.1) is 23.4 Å². The number of amides is 1. The number of nitrogens with one attached hydrogen (secondary N) is 1. The lowest BCUT2D eigenvalue weighted by atomic mass is 10.1. The fourth-order valence-electron chi connectivity index (χ4n) is 2.98. The van der Waals surface area contributed by atoms with Crippen molar-refractivity contribution >= 4 is 17.5 Å². The Morgan fingerprint density at radius 2 is 2.23 bits per heavy atom. The van der Waals surface area contributed by atoms with E-state index in [0.717, 1.165) is 11.1 Å². The summed E-state index contributed by atoms with van der Waals surface area (Å²) in [6, 6.07) is 7.33. The third-order valence-electron chi connectivity index (χ3n) is 4.08. The topological polar surface area (TPSA) is 67.2 Å². The van der Waals surface area contributed by atoms with E-state index in [1.54, 1.807) is 11.6 Å². The monoisotopic (exact) mass is 319 g/mol. The number of hydrogen-bond acceptors (Lipinski definition) is 3. The van der Waals surface area contributed by atoms with Crippen molar-refractivity contribution in [2.24, 2.45) is 0 Å². The Bertz CT molecular complexity index is 726. The Hall–Kier alpha value is -1.85. The molecule has 0 bridgehead atoms. The normalized spacial score (nSPS) is 20.0. The molecule has 2 N–H and O–H groups in total. The van der Waals surface area contributed by atoms with Gasteiger partial charge in [-0.3, -0.25) is 9.48 Å². The first-order valence-electron chi connectivity index (χ1n) is 7.32. The zero-order chi connectivity index (χ0) is 15.9. The minimum atomic E-state index is -0.623. The van der Waals surface area contributed by atoms with Crippen molar-refractivity contribution < 1.29 is 9.90 Å². The number of nitrogens with zero attached hydrogens (tertiary/aromatic N) is 2. The standard InChI is InChI=1S/C16H18ClN3O2/c1-3-20-15(17)13(9(2)19-20)16(22)18-14-11-7-5-4-6-10(11)8-12(14)21/h4-7,12,14,21H,3,8H2,1-2H3,(H,18,22). The number of carbonyl (C=O) groups excluding carboxylic acids is 1. The smallest absolute Gasteiger partial charge is 0.256 e. The third-order valence-corrected chi connectivity index (χ3v) is 4.47. The van der Waals surface area contributed by atoms with Gasteiger partial charge in [-0.2, -0.15) is 5.10 Å². The maximum atomic E-state index is 12.6. The van der Waals surface area contributed by atoms with Gasteiger partial charge >= 0.3 is 0 Å². The number of fused-ring (bicyclic) bond motifs is 1. The molecule has 2 atom stereocenters. The maximum absolute atomic E-state index is 12.6. The second kappa shape index (κ2) is 5.74. The van der Waals surface area contributed by atoms with E-state index in [1.165, 1.54) is 0 Å². The minimum absolute atomic E-state index is 0.303. The average molecular weight is 320 g/mol. The van der Waals surface area contributed by atoms with Crippen molar-refractivity contribution in [1.82, 2.24) is 15.1 Å². The Balaban J connectivity index is 1.88. The van der Waals surface area contributed by atoms with Gasteiger partial charge in [0.15, 0.2) is 0 Å². The van der Waals surface area contributed by atoms with Crippen LogP contribution in [0.25, 0.3) is 0 Å². The highest BCUT2D eigenvalue weighted by Gasteiger charge is 2.33. The van der Waals surface area contributed by atoms with Crippen molar-refractivity contribution in [3.63, 3.8) is 0 Å². The van der Waals surface area contributed by atoms with Gasteiger partial charge in [-0.15, -0.1) is 0 Å². The zero-order valence-corrected chi connectivity index (χ0v) is 13.3. The largest absolute Gasteiger partial charge is 0.390 e. The van der Waals surface area contributed by atoms with E-state index >= 15 is 0 Å². The summed E-state index contributed by atoms with van der Waals surface area (Å²) in [4.78, 5) is 12.6. The highest BCUT2D eigenvalue weighted by atomic mass is 35.5. The van der Waals surface area contributed by atoms with Crippen LogP contribution in [-0.4, -0.2) is 26.9 Å². The molecule has 0 saturated carbocycles. The molecular formula is C16H18ClN3O2. The predicted molar refractivity (Wildman–Crippen MR) is 84.0 cm³/mol. The summed E-state index contributed by atoms with van der Waals surface area (Å²) in [5, 5.41) is 17.7. The first-order chi connectivity index (χ1) is 10.5. The minimum Gasteiger partial charge on any atom is -0.390 e. The van der Waals surface area contributed by atoms with Gasteiger partial charge in [-0.25, -0.2) is 0 Å². The van der Waals surface area contributed by atoms with Crippen molar-refractivity contribution in [2.45, 2.75) is 39.0 Å². The highest BCUT2D eigenvalue weighted by molar-refractivity contribution is 6.33. The lowest BCUT2D eigenvalue weighted by molar-refractivity contribution is 0.0857. The fourth-order valence-corrected chi connectivity index (χ4v) is 3.36. The van der Waals surface area contributed by atoms with Gasteiger partial charge in [-0.1, -0.05) is 35.9 Å². The molecule has 1 aromatic carbocycles. The Labute approximate surface area is 133 Å². The molecule has 0 fully saturated rings. The molecule has 0 radical (unpaired) electrons. The highest BCUT2D eigenvalue weighted by Crippen LogP contribution is 2.32. The number of halogens is 1. The second-order valence-corrected chi connectivity index (χ2v) is 5.85. The van der Waals surface area contributed by atoms with E-state index in [0.29, 0.717) is 29.4 Å². The first kappa shape index (κ1) is 15.1. The summed E-state index contributed by atoms with van der Waals surface area (Å²) >= 11 is 6.22. The fraction of sp³-hybridized carbons (Fsp3) is 0.375. The molecule has 2 aromatic rings. The summed E-state index contributed by atoms with van der Waals surface area (Å²) < 4.78 is 1.59. The molecule has 6 heteroatoms.